The number of rotatable bonds is 21. The second kappa shape index (κ2) is 21.4. The first-order chi connectivity index (χ1) is 30.5. The van der Waals surface area contributed by atoms with Crippen molar-refractivity contribution in [1.29, 1.82) is 0 Å². The highest BCUT2D eigenvalue weighted by Crippen LogP contribution is 2.36. The Kier molecular flexibility index (Phi) is 16.3. The summed E-state index contributed by atoms with van der Waals surface area (Å²) in [6.07, 6.45) is 7.00. The number of nitrogens with zero attached hydrogens (tertiary/aromatic N) is 10. The SMILES string of the molecule is C.COC(=O)C(C)(C)CC(c1ccccc1)n1cc(CN(Cc2cn(C(CC(C)(C)C(=O)OC)c3ccccc3)nn2)Cc2cn(C(CC(C)(C)C(=O)OC)c3ccccc3)nn2)nn1. The van der Waals surface area contributed by atoms with Gasteiger partial charge in [0.15, 0.2) is 0 Å². The van der Waals surface area contributed by atoms with Crippen molar-refractivity contribution in [1.82, 2.24) is 49.9 Å². The molecule has 6 aromatic rings. The molecule has 0 aliphatic carbocycles. The molecule has 0 amide bonds. The van der Waals surface area contributed by atoms with Crippen molar-refractivity contribution in [2.45, 2.75) is 106 Å². The van der Waals surface area contributed by atoms with Crippen molar-refractivity contribution in [2.24, 2.45) is 16.2 Å². The molecule has 6 rings (SSSR count). The number of hydrogen-bond donors (Lipinski definition) is 0. The number of carbonyl (C=O) groups excluding carboxylic acids is 3. The lowest BCUT2D eigenvalue weighted by Crippen LogP contribution is -2.30. The number of ether oxygens (including phenoxy) is 3. The minimum absolute atomic E-state index is 0. The van der Waals surface area contributed by atoms with E-state index >= 15 is 0 Å². The molecular formula is C49H64N10O6. The quantitative estimate of drug-likeness (QED) is 0.0506. The highest BCUT2D eigenvalue weighted by atomic mass is 16.5. The molecule has 3 aromatic carbocycles. The van der Waals surface area contributed by atoms with E-state index in [1.54, 1.807) is 14.0 Å². The lowest BCUT2D eigenvalue weighted by atomic mass is 9.83. The van der Waals surface area contributed by atoms with Gasteiger partial charge in [-0.25, -0.2) is 14.0 Å². The topological polar surface area (TPSA) is 174 Å². The van der Waals surface area contributed by atoms with E-state index in [1.807, 2.05) is 151 Å². The lowest BCUT2D eigenvalue weighted by molar-refractivity contribution is -0.152. The fourth-order valence-corrected chi connectivity index (χ4v) is 8.12. The summed E-state index contributed by atoms with van der Waals surface area (Å²) < 4.78 is 20.9. The first kappa shape index (κ1) is 49.5. The van der Waals surface area contributed by atoms with Gasteiger partial charge in [0.05, 0.1) is 91.4 Å². The van der Waals surface area contributed by atoms with E-state index in [0.717, 1.165) is 16.7 Å². The third-order valence-corrected chi connectivity index (χ3v) is 11.7. The monoisotopic (exact) mass is 889 g/mol. The van der Waals surface area contributed by atoms with E-state index in [1.165, 1.54) is 21.3 Å². The van der Waals surface area contributed by atoms with Crippen molar-refractivity contribution in [3.63, 3.8) is 0 Å². The average Bonchev–Trinajstić information content (AvgIpc) is 4.09. The number of hydrogen-bond acceptors (Lipinski definition) is 13. The van der Waals surface area contributed by atoms with Crippen LogP contribution in [0.15, 0.2) is 110 Å². The molecule has 0 saturated heterocycles. The maximum atomic E-state index is 12.9. The van der Waals surface area contributed by atoms with E-state index in [4.69, 9.17) is 14.2 Å². The van der Waals surface area contributed by atoms with E-state index in [9.17, 15) is 14.4 Å². The average molecular weight is 889 g/mol. The summed E-state index contributed by atoms with van der Waals surface area (Å²) >= 11 is 0. The molecule has 0 saturated carbocycles. The molecule has 65 heavy (non-hydrogen) atoms. The molecule has 0 aliphatic heterocycles. The Balaban J connectivity index is 0.00000793. The van der Waals surface area contributed by atoms with Gasteiger partial charge in [-0.3, -0.25) is 19.3 Å². The van der Waals surface area contributed by atoms with Gasteiger partial charge in [-0.05, 0) is 77.5 Å². The molecule has 3 aromatic heterocycles. The molecule has 346 valence electrons. The van der Waals surface area contributed by atoms with Crippen LogP contribution in [0.3, 0.4) is 0 Å². The summed E-state index contributed by atoms with van der Waals surface area (Å²) in [4.78, 5) is 40.7. The molecule has 3 heterocycles. The van der Waals surface area contributed by atoms with Crippen LogP contribution in [-0.4, -0.2) is 89.1 Å². The Morgan fingerprint density at radius 2 is 0.723 bits per heavy atom. The van der Waals surface area contributed by atoms with E-state index in [2.05, 4.69) is 35.8 Å². The van der Waals surface area contributed by atoms with Gasteiger partial charge in [-0.2, -0.15) is 0 Å². The van der Waals surface area contributed by atoms with Gasteiger partial charge in [-0.15, -0.1) is 15.3 Å². The predicted molar refractivity (Wildman–Crippen MR) is 245 cm³/mol. The van der Waals surface area contributed by atoms with Crippen LogP contribution in [0.5, 0.6) is 0 Å². The van der Waals surface area contributed by atoms with Gasteiger partial charge >= 0.3 is 17.9 Å². The van der Waals surface area contributed by atoms with Gasteiger partial charge in [0, 0.05) is 19.6 Å². The zero-order valence-corrected chi connectivity index (χ0v) is 38.3. The van der Waals surface area contributed by atoms with E-state index < -0.39 is 16.2 Å². The Bertz CT molecular complexity index is 2180. The molecule has 0 N–H and O–H groups in total. The molecule has 0 fully saturated rings. The fraction of sp³-hybridized carbons (Fsp3) is 0.449. The minimum atomic E-state index is -0.807. The van der Waals surface area contributed by atoms with E-state index in [-0.39, 0.29) is 43.5 Å². The normalized spacial score (nSPS) is 13.4. The zero-order chi connectivity index (χ0) is 46.1. The summed E-state index contributed by atoms with van der Waals surface area (Å²) in [5.41, 5.74) is 2.56. The number of carbonyl (C=O) groups is 3. The third kappa shape index (κ3) is 12.4. The van der Waals surface area contributed by atoms with Gasteiger partial charge in [0.25, 0.3) is 0 Å². The Hall–Kier alpha value is -6.55. The van der Waals surface area contributed by atoms with Crippen LogP contribution < -0.4 is 0 Å². The molecule has 0 aliphatic rings. The minimum Gasteiger partial charge on any atom is -0.469 e. The molecule has 16 nitrogen and oxygen atoms in total. The summed E-state index contributed by atoms with van der Waals surface area (Å²) in [7, 11) is 4.20. The van der Waals surface area contributed by atoms with Crippen molar-refractivity contribution in [3.05, 3.63) is 143 Å². The molecule has 0 spiro atoms. The van der Waals surface area contributed by atoms with Crippen LogP contribution in [0.25, 0.3) is 0 Å². The summed E-state index contributed by atoms with van der Waals surface area (Å²) in [5.74, 6) is -0.937. The van der Waals surface area contributed by atoms with Crippen LogP contribution in [0.2, 0.25) is 0 Å². The lowest BCUT2D eigenvalue weighted by Gasteiger charge is -2.27. The van der Waals surface area contributed by atoms with Crippen LogP contribution in [0, 0.1) is 16.2 Å². The van der Waals surface area contributed by atoms with Crippen molar-refractivity contribution >= 4 is 17.9 Å². The van der Waals surface area contributed by atoms with E-state index in [0.29, 0.717) is 56.0 Å². The number of aromatic nitrogens is 9. The Labute approximate surface area is 382 Å². The van der Waals surface area contributed by atoms with Crippen molar-refractivity contribution < 1.29 is 28.6 Å². The number of esters is 3. The molecule has 3 unspecified atom stereocenters. The molecule has 0 radical (unpaired) electrons. The standard InChI is InChI=1S/C48H60N10O6.CH4/c1-46(2,43(59)62-7)25-40(34-19-13-10-14-20-34)56-31-37(49-52-56)28-55(29-38-32-57(53-50-38)41(35-21-15-11-16-22-35)26-47(3,4)44(60)63-8)30-39-33-58(54-51-39)42(36-23-17-12-18-24-36)27-48(5,6)45(61)64-9;/h10-24,31-33,40-42H,25-30H2,1-9H3;1H4. The van der Waals surface area contributed by atoms with Crippen LogP contribution in [0.4, 0.5) is 0 Å². The molecule has 3 atom stereocenters. The first-order valence-corrected chi connectivity index (χ1v) is 21.4. The van der Waals surface area contributed by atoms with Crippen LogP contribution in [0.1, 0.15) is 120 Å². The summed E-state index contributed by atoms with van der Waals surface area (Å²) in [6.45, 7) is 12.2. The molecular weight excluding hydrogens is 825 g/mol. The highest BCUT2D eigenvalue weighted by molar-refractivity contribution is 5.76. The second-order valence-electron chi connectivity index (χ2n) is 18.2. The van der Waals surface area contributed by atoms with Gasteiger partial charge in [0.1, 0.15) is 0 Å². The first-order valence-electron chi connectivity index (χ1n) is 21.4. The fourth-order valence-electron chi connectivity index (χ4n) is 8.12. The number of methoxy groups -OCH3 is 3. The summed E-state index contributed by atoms with van der Waals surface area (Å²) in [6, 6.07) is 28.8. The van der Waals surface area contributed by atoms with Crippen molar-refractivity contribution in [2.75, 3.05) is 21.3 Å². The third-order valence-electron chi connectivity index (χ3n) is 11.7. The zero-order valence-electron chi connectivity index (χ0n) is 38.3. The summed E-state index contributed by atoms with van der Waals surface area (Å²) in [5, 5.41) is 27.8. The Morgan fingerprint density at radius 3 is 0.954 bits per heavy atom. The maximum Gasteiger partial charge on any atom is 0.311 e. The van der Waals surface area contributed by atoms with Gasteiger partial charge in [-0.1, -0.05) is 114 Å². The smallest absolute Gasteiger partial charge is 0.311 e. The van der Waals surface area contributed by atoms with Crippen LogP contribution >= 0.6 is 0 Å². The Morgan fingerprint density at radius 1 is 0.477 bits per heavy atom. The maximum absolute atomic E-state index is 12.9. The van der Waals surface area contributed by atoms with Gasteiger partial charge in [0.2, 0.25) is 0 Å². The second-order valence-corrected chi connectivity index (χ2v) is 18.2. The largest absolute Gasteiger partial charge is 0.469 e. The molecule has 0 bridgehead atoms. The van der Waals surface area contributed by atoms with Crippen LogP contribution in [-0.2, 0) is 48.2 Å². The number of benzene rings is 3. The van der Waals surface area contributed by atoms with Gasteiger partial charge < -0.3 is 14.2 Å². The van der Waals surface area contributed by atoms with Crippen molar-refractivity contribution in [3.8, 4) is 0 Å². The molecule has 16 heteroatoms. The highest BCUT2D eigenvalue weighted by Gasteiger charge is 2.37. The predicted octanol–water partition coefficient (Wildman–Crippen LogP) is 7.84.